The lowest BCUT2D eigenvalue weighted by Crippen LogP contribution is -2.59. The van der Waals surface area contributed by atoms with Crippen LogP contribution in [0.2, 0.25) is 5.15 Å². The minimum Gasteiger partial charge on any atom is -0.351 e. The van der Waals surface area contributed by atoms with Crippen LogP contribution < -0.4 is 10.2 Å². The van der Waals surface area contributed by atoms with Crippen LogP contribution in [0.4, 0.5) is 11.5 Å². The van der Waals surface area contributed by atoms with E-state index in [-0.39, 0.29) is 6.04 Å². The zero-order valence-electron chi connectivity index (χ0n) is 17.4. The van der Waals surface area contributed by atoms with Crippen molar-refractivity contribution >= 4 is 39.8 Å². The van der Waals surface area contributed by atoms with Crippen molar-refractivity contribution in [3.63, 3.8) is 0 Å². The van der Waals surface area contributed by atoms with Crippen molar-refractivity contribution in [1.29, 1.82) is 5.26 Å². The molecule has 4 rings (SSSR count). The topological polar surface area (TPSA) is 93.3 Å². The van der Waals surface area contributed by atoms with Gasteiger partial charge in [-0.1, -0.05) is 37.6 Å². The standard InChI is InChI=1S/C22H23ClN8/c1-15(2)19-13-30(21-12-26-11-20(23)29-21)8-9-31(19)22(27-14-24)28-18-5-3-4-16-10-25-7-6-17(16)18/h3-7,10-12,15,19H,8-9,13H2,1-2H3,(H,27,28). The molecule has 3 heterocycles. The summed E-state index contributed by atoms with van der Waals surface area (Å²) in [5, 5.41) is 14.6. The highest BCUT2D eigenvalue weighted by Crippen LogP contribution is 2.27. The number of nitrogens with one attached hydrogen (secondary N) is 1. The normalized spacial score (nSPS) is 17.1. The fraction of sp³-hybridized carbons (Fsp3) is 0.318. The zero-order chi connectivity index (χ0) is 21.8. The van der Waals surface area contributed by atoms with E-state index in [0.717, 1.165) is 28.8 Å². The number of hydrogen-bond donors (Lipinski definition) is 1. The van der Waals surface area contributed by atoms with E-state index in [4.69, 9.17) is 16.6 Å². The fourth-order valence-corrected chi connectivity index (χ4v) is 4.01. The van der Waals surface area contributed by atoms with Crippen LogP contribution in [0, 0.1) is 17.4 Å². The number of benzene rings is 1. The number of aromatic nitrogens is 3. The maximum absolute atomic E-state index is 9.42. The third-order valence-corrected chi connectivity index (χ3v) is 5.61. The van der Waals surface area contributed by atoms with Crippen molar-refractivity contribution < 1.29 is 0 Å². The molecule has 1 saturated heterocycles. The van der Waals surface area contributed by atoms with E-state index in [1.54, 1.807) is 12.4 Å². The van der Waals surface area contributed by atoms with Gasteiger partial charge in [0, 0.05) is 42.8 Å². The second-order valence-electron chi connectivity index (χ2n) is 7.70. The van der Waals surface area contributed by atoms with Crippen LogP contribution in [0.5, 0.6) is 0 Å². The van der Waals surface area contributed by atoms with Crippen LogP contribution in [-0.4, -0.2) is 51.5 Å². The lowest BCUT2D eigenvalue weighted by molar-refractivity contribution is 0.220. The first kappa shape index (κ1) is 20.8. The molecule has 1 aliphatic heterocycles. The van der Waals surface area contributed by atoms with Gasteiger partial charge in [-0.2, -0.15) is 5.26 Å². The summed E-state index contributed by atoms with van der Waals surface area (Å²) < 4.78 is 0. The number of guanidine groups is 1. The number of halogens is 1. The molecule has 2 aromatic heterocycles. The number of hydrogen-bond acceptors (Lipinski definition) is 6. The van der Waals surface area contributed by atoms with E-state index in [9.17, 15) is 5.26 Å². The van der Waals surface area contributed by atoms with Gasteiger partial charge in [0.1, 0.15) is 11.0 Å². The minimum absolute atomic E-state index is 0.116. The third kappa shape index (κ3) is 4.52. The number of rotatable bonds is 3. The van der Waals surface area contributed by atoms with Crippen LogP contribution in [0.3, 0.4) is 0 Å². The molecule has 8 nitrogen and oxygen atoms in total. The smallest absolute Gasteiger partial charge is 0.213 e. The van der Waals surface area contributed by atoms with E-state index >= 15 is 0 Å². The number of anilines is 1. The Hall–Kier alpha value is -3.44. The summed E-state index contributed by atoms with van der Waals surface area (Å²) in [6, 6.07) is 7.95. The van der Waals surface area contributed by atoms with Crippen molar-refractivity contribution in [3.05, 3.63) is 54.2 Å². The lowest BCUT2D eigenvalue weighted by Gasteiger charge is -2.44. The number of aliphatic imine (C=N–C) groups is 1. The van der Waals surface area contributed by atoms with Gasteiger partial charge < -0.3 is 9.80 Å². The molecule has 1 aromatic carbocycles. The Morgan fingerprint density at radius 2 is 2.10 bits per heavy atom. The van der Waals surface area contributed by atoms with Gasteiger partial charge in [0.15, 0.2) is 6.19 Å². The van der Waals surface area contributed by atoms with Crippen molar-refractivity contribution in [2.24, 2.45) is 10.9 Å². The molecule has 1 unspecified atom stereocenters. The average Bonchev–Trinajstić information content (AvgIpc) is 2.78. The predicted molar refractivity (Wildman–Crippen MR) is 122 cm³/mol. The maximum Gasteiger partial charge on any atom is 0.213 e. The summed E-state index contributed by atoms with van der Waals surface area (Å²) >= 11 is 6.04. The lowest BCUT2D eigenvalue weighted by atomic mass is 10.00. The van der Waals surface area contributed by atoms with Gasteiger partial charge in [-0.25, -0.2) is 9.98 Å². The van der Waals surface area contributed by atoms with E-state index in [1.165, 1.54) is 6.20 Å². The van der Waals surface area contributed by atoms with Gasteiger partial charge in [-0.15, -0.1) is 0 Å². The molecule has 9 heteroatoms. The van der Waals surface area contributed by atoms with Gasteiger partial charge in [0.2, 0.25) is 5.96 Å². The Morgan fingerprint density at radius 1 is 1.23 bits per heavy atom. The van der Waals surface area contributed by atoms with Gasteiger partial charge in [-0.05, 0) is 18.1 Å². The molecule has 1 fully saturated rings. The molecule has 0 spiro atoms. The molecule has 0 aliphatic carbocycles. The number of fused-ring (bicyclic) bond motifs is 1. The summed E-state index contributed by atoms with van der Waals surface area (Å²) in [6.07, 6.45) is 8.88. The number of nitriles is 1. The van der Waals surface area contributed by atoms with Crippen molar-refractivity contribution in [2.45, 2.75) is 19.9 Å². The fourth-order valence-electron chi connectivity index (χ4n) is 3.87. The molecule has 3 aromatic rings. The second kappa shape index (κ2) is 9.14. The van der Waals surface area contributed by atoms with Crippen LogP contribution in [0.1, 0.15) is 13.8 Å². The number of piperazine rings is 1. The minimum atomic E-state index is 0.116. The van der Waals surface area contributed by atoms with Gasteiger partial charge in [0.25, 0.3) is 0 Å². The Bertz CT molecular complexity index is 1130. The third-order valence-electron chi connectivity index (χ3n) is 5.43. The van der Waals surface area contributed by atoms with Crippen molar-refractivity contribution in [1.82, 2.24) is 25.2 Å². The highest BCUT2D eigenvalue weighted by molar-refractivity contribution is 6.29. The van der Waals surface area contributed by atoms with Crippen LogP contribution in [0.15, 0.2) is 54.0 Å². The Balaban J connectivity index is 1.67. The molecule has 0 saturated carbocycles. The first-order valence-corrected chi connectivity index (χ1v) is 10.5. The van der Waals surface area contributed by atoms with E-state index in [2.05, 4.69) is 50.1 Å². The SMILES string of the molecule is CC(C)C1CN(c2cncc(Cl)n2)CCN1C(=Nc1cccc2cnccc12)NC#N. The van der Waals surface area contributed by atoms with Crippen molar-refractivity contribution in [3.8, 4) is 6.19 Å². The first-order valence-electron chi connectivity index (χ1n) is 10.1. The van der Waals surface area contributed by atoms with Crippen LogP contribution >= 0.6 is 11.6 Å². The van der Waals surface area contributed by atoms with E-state index < -0.39 is 0 Å². The Morgan fingerprint density at radius 3 is 2.87 bits per heavy atom. The molecule has 0 bridgehead atoms. The second-order valence-corrected chi connectivity index (χ2v) is 8.08. The van der Waals surface area contributed by atoms with E-state index in [1.807, 2.05) is 30.5 Å². The molecule has 1 aliphatic rings. The molecule has 1 N–H and O–H groups in total. The average molecular weight is 435 g/mol. The highest BCUT2D eigenvalue weighted by atomic mass is 35.5. The van der Waals surface area contributed by atoms with Crippen molar-refractivity contribution in [2.75, 3.05) is 24.5 Å². The van der Waals surface area contributed by atoms with Gasteiger partial charge >= 0.3 is 0 Å². The highest BCUT2D eigenvalue weighted by Gasteiger charge is 2.32. The molecule has 1 atom stereocenters. The van der Waals surface area contributed by atoms with Crippen LogP contribution in [0.25, 0.3) is 10.8 Å². The summed E-state index contributed by atoms with van der Waals surface area (Å²) in [4.78, 5) is 22.0. The summed E-state index contributed by atoms with van der Waals surface area (Å²) in [5.41, 5.74) is 0.795. The summed E-state index contributed by atoms with van der Waals surface area (Å²) in [5.74, 6) is 1.62. The van der Waals surface area contributed by atoms with Gasteiger partial charge in [-0.3, -0.25) is 15.3 Å². The molecular weight excluding hydrogens is 412 g/mol. The van der Waals surface area contributed by atoms with Crippen LogP contribution in [-0.2, 0) is 0 Å². The largest absolute Gasteiger partial charge is 0.351 e. The Labute approximate surface area is 186 Å². The molecule has 0 radical (unpaired) electrons. The maximum atomic E-state index is 9.42. The monoisotopic (exact) mass is 434 g/mol. The summed E-state index contributed by atoms with van der Waals surface area (Å²) in [6.45, 7) is 6.44. The quantitative estimate of drug-likeness (QED) is 0.291. The molecule has 158 valence electrons. The van der Waals surface area contributed by atoms with Gasteiger partial charge in [0.05, 0.1) is 24.1 Å². The molecule has 31 heavy (non-hydrogen) atoms. The summed E-state index contributed by atoms with van der Waals surface area (Å²) in [7, 11) is 0. The Kier molecular flexibility index (Phi) is 6.14. The van der Waals surface area contributed by atoms with E-state index in [0.29, 0.717) is 30.1 Å². The zero-order valence-corrected chi connectivity index (χ0v) is 18.2. The number of nitrogens with zero attached hydrogens (tertiary/aromatic N) is 7. The molecule has 0 amide bonds. The predicted octanol–water partition coefficient (Wildman–Crippen LogP) is 3.58. The first-order chi connectivity index (χ1) is 15.1. The molecular formula is C22H23ClN8. The number of pyridine rings is 1.